The molecule has 6 heteroatoms. The van der Waals surface area contributed by atoms with E-state index in [9.17, 15) is 0 Å². The largest absolute Gasteiger partial charge is 0.358 e. The van der Waals surface area contributed by atoms with E-state index >= 15 is 0 Å². The Balaban J connectivity index is 2.05. The number of aromatic nitrogens is 4. The van der Waals surface area contributed by atoms with E-state index in [0.717, 1.165) is 35.6 Å². The summed E-state index contributed by atoms with van der Waals surface area (Å²) in [5.74, 6) is 0. The molecule has 90 valence electrons. The van der Waals surface area contributed by atoms with E-state index in [-0.39, 0.29) is 6.23 Å². The van der Waals surface area contributed by atoms with Crippen molar-refractivity contribution in [3.05, 3.63) is 12.7 Å². The Bertz CT molecular complexity index is 521. The molecule has 0 unspecified atom stereocenters. The summed E-state index contributed by atoms with van der Waals surface area (Å²) in [4.78, 5) is 12.9. The first-order valence-electron chi connectivity index (χ1n) is 5.73. The third kappa shape index (κ3) is 1.91. The van der Waals surface area contributed by atoms with Gasteiger partial charge in [-0.1, -0.05) is 0 Å². The third-order valence-electron chi connectivity index (χ3n) is 2.98. The van der Waals surface area contributed by atoms with Crippen molar-refractivity contribution in [1.29, 1.82) is 0 Å². The van der Waals surface area contributed by atoms with Gasteiger partial charge in [0.15, 0.2) is 5.65 Å². The van der Waals surface area contributed by atoms with Gasteiger partial charge in [0, 0.05) is 6.61 Å². The van der Waals surface area contributed by atoms with Crippen LogP contribution in [0.15, 0.2) is 17.7 Å². The lowest BCUT2D eigenvalue weighted by Gasteiger charge is -2.23. The van der Waals surface area contributed by atoms with E-state index in [0.29, 0.717) is 0 Å². The molecule has 0 N–H and O–H groups in total. The molecule has 0 bridgehead atoms. The van der Waals surface area contributed by atoms with Gasteiger partial charge in [-0.05, 0) is 25.5 Å². The van der Waals surface area contributed by atoms with Gasteiger partial charge >= 0.3 is 0 Å². The average Bonchev–Trinajstić information content (AvgIpc) is 2.83. The topological polar surface area (TPSA) is 52.8 Å². The zero-order valence-corrected chi connectivity index (χ0v) is 10.5. The number of nitrogens with zero attached hydrogens (tertiary/aromatic N) is 4. The van der Waals surface area contributed by atoms with E-state index in [2.05, 4.69) is 15.0 Å². The number of hydrogen-bond donors (Lipinski definition) is 0. The quantitative estimate of drug-likeness (QED) is 0.604. The number of ether oxygens (including phenoxy) is 1. The van der Waals surface area contributed by atoms with Gasteiger partial charge < -0.3 is 4.74 Å². The van der Waals surface area contributed by atoms with E-state index in [1.54, 1.807) is 18.1 Å². The highest BCUT2D eigenvalue weighted by molar-refractivity contribution is 7.98. The van der Waals surface area contributed by atoms with Crippen LogP contribution in [0.2, 0.25) is 0 Å². The summed E-state index contributed by atoms with van der Waals surface area (Å²) in [6.45, 7) is 0.824. The molecular weight excluding hydrogens is 236 g/mol. The molecule has 0 spiro atoms. The number of hydrogen-bond acceptors (Lipinski definition) is 5. The van der Waals surface area contributed by atoms with E-state index in [1.165, 1.54) is 6.42 Å². The average molecular weight is 250 g/mol. The van der Waals surface area contributed by atoms with Crippen LogP contribution in [0.25, 0.3) is 11.2 Å². The predicted octanol–water partition coefficient (Wildman–Crippen LogP) is 2.25. The van der Waals surface area contributed by atoms with Crippen molar-refractivity contribution in [3.63, 3.8) is 0 Å². The van der Waals surface area contributed by atoms with E-state index in [4.69, 9.17) is 4.74 Å². The molecule has 1 atom stereocenters. The van der Waals surface area contributed by atoms with Crippen molar-refractivity contribution in [1.82, 2.24) is 19.5 Å². The van der Waals surface area contributed by atoms with Crippen molar-refractivity contribution in [2.24, 2.45) is 0 Å². The summed E-state index contributed by atoms with van der Waals surface area (Å²) in [5, 5.41) is 0.921. The maximum absolute atomic E-state index is 5.76. The van der Waals surface area contributed by atoms with Crippen LogP contribution in [0.4, 0.5) is 0 Å². The molecule has 0 amide bonds. The fraction of sp³-hybridized carbons (Fsp3) is 0.545. The molecule has 1 saturated heterocycles. The van der Waals surface area contributed by atoms with Crippen molar-refractivity contribution >= 4 is 22.9 Å². The number of rotatable bonds is 2. The Morgan fingerprint density at radius 3 is 3.06 bits per heavy atom. The summed E-state index contributed by atoms with van der Waals surface area (Å²) >= 11 is 1.59. The smallest absolute Gasteiger partial charge is 0.166 e. The molecule has 1 aliphatic rings. The van der Waals surface area contributed by atoms with E-state index < -0.39 is 0 Å². The van der Waals surface area contributed by atoms with Gasteiger partial charge in [0.05, 0.1) is 6.33 Å². The van der Waals surface area contributed by atoms with Crippen molar-refractivity contribution in [2.45, 2.75) is 30.5 Å². The highest BCUT2D eigenvalue weighted by Crippen LogP contribution is 2.27. The Kier molecular flexibility index (Phi) is 2.98. The second-order valence-electron chi connectivity index (χ2n) is 4.03. The Morgan fingerprint density at radius 1 is 1.35 bits per heavy atom. The zero-order valence-electron chi connectivity index (χ0n) is 9.67. The second-order valence-corrected chi connectivity index (χ2v) is 4.82. The molecule has 17 heavy (non-hydrogen) atoms. The zero-order chi connectivity index (χ0) is 11.7. The van der Waals surface area contributed by atoms with Gasteiger partial charge in [-0.3, -0.25) is 4.57 Å². The normalized spacial score (nSPS) is 20.9. The lowest BCUT2D eigenvalue weighted by molar-refractivity contribution is -0.0298. The highest BCUT2D eigenvalue weighted by atomic mass is 32.2. The molecule has 2 aromatic rings. The number of fused-ring (bicyclic) bond motifs is 1. The standard InChI is InChI=1S/C11H14N4OS/c1-17-11-9-10(12-6-13-11)15(7-14-9)8-4-2-3-5-16-8/h6-8H,2-5H2,1H3/t8-/m1/s1. The molecule has 0 aliphatic carbocycles. The van der Waals surface area contributed by atoms with Gasteiger partial charge in [0.2, 0.25) is 0 Å². The molecule has 3 rings (SSSR count). The minimum absolute atomic E-state index is 0.0818. The Morgan fingerprint density at radius 2 is 2.29 bits per heavy atom. The fourth-order valence-corrected chi connectivity index (χ4v) is 2.62. The SMILES string of the molecule is CSc1ncnc2c1ncn2[C@H]1CCCCO1. The number of thioether (sulfide) groups is 1. The van der Waals surface area contributed by atoms with Crippen molar-refractivity contribution < 1.29 is 4.74 Å². The van der Waals surface area contributed by atoms with Crippen molar-refractivity contribution in [2.75, 3.05) is 12.9 Å². The molecular formula is C11H14N4OS. The molecule has 0 aromatic carbocycles. The van der Waals surface area contributed by atoms with Gasteiger partial charge in [0.1, 0.15) is 23.1 Å². The van der Waals surface area contributed by atoms with Gasteiger partial charge in [-0.15, -0.1) is 11.8 Å². The monoisotopic (exact) mass is 250 g/mol. The van der Waals surface area contributed by atoms with Crippen LogP contribution >= 0.6 is 11.8 Å². The van der Waals surface area contributed by atoms with Crippen LogP contribution in [0.5, 0.6) is 0 Å². The molecule has 2 aromatic heterocycles. The minimum Gasteiger partial charge on any atom is -0.358 e. The van der Waals surface area contributed by atoms with Crippen LogP contribution < -0.4 is 0 Å². The molecule has 0 saturated carbocycles. The highest BCUT2D eigenvalue weighted by Gasteiger charge is 2.19. The summed E-state index contributed by atoms with van der Waals surface area (Å²) in [6, 6.07) is 0. The summed E-state index contributed by atoms with van der Waals surface area (Å²) < 4.78 is 7.78. The van der Waals surface area contributed by atoms with Crippen LogP contribution in [-0.2, 0) is 4.74 Å². The van der Waals surface area contributed by atoms with Crippen molar-refractivity contribution in [3.8, 4) is 0 Å². The molecule has 3 heterocycles. The molecule has 0 radical (unpaired) electrons. The maximum Gasteiger partial charge on any atom is 0.166 e. The lowest BCUT2D eigenvalue weighted by Crippen LogP contribution is -2.17. The van der Waals surface area contributed by atoms with Gasteiger partial charge in [-0.2, -0.15) is 0 Å². The first kappa shape index (κ1) is 11.0. The van der Waals surface area contributed by atoms with Gasteiger partial charge in [-0.25, -0.2) is 15.0 Å². The second kappa shape index (κ2) is 4.62. The molecule has 1 aliphatic heterocycles. The molecule has 5 nitrogen and oxygen atoms in total. The van der Waals surface area contributed by atoms with Crippen LogP contribution in [-0.4, -0.2) is 32.4 Å². The fourth-order valence-electron chi connectivity index (χ4n) is 2.13. The van der Waals surface area contributed by atoms with Crippen LogP contribution in [0, 0.1) is 0 Å². The minimum atomic E-state index is 0.0818. The first-order valence-corrected chi connectivity index (χ1v) is 6.96. The van der Waals surface area contributed by atoms with Crippen LogP contribution in [0.1, 0.15) is 25.5 Å². The Labute approximate surface area is 104 Å². The third-order valence-corrected chi connectivity index (χ3v) is 3.67. The number of imidazole rings is 1. The molecule has 1 fully saturated rings. The summed E-state index contributed by atoms with van der Waals surface area (Å²) in [7, 11) is 0. The predicted molar refractivity (Wildman–Crippen MR) is 65.9 cm³/mol. The van der Waals surface area contributed by atoms with Crippen LogP contribution in [0.3, 0.4) is 0 Å². The maximum atomic E-state index is 5.76. The first-order chi connectivity index (χ1) is 8.40. The summed E-state index contributed by atoms with van der Waals surface area (Å²) in [6.07, 6.45) is 8.86. The Hall–Kier alpha value is -1.14. The van der Waals surface area contributed by atoms with Gasteiger partial charge in [0.25, 0.3) is 0 Å². The summed E-state index contributed by atoms with van der Waals surface area (Å²) in [5.41, 5.74) is 1.74. The van der Waals surface area contributed by atoms with E-state index in [1.807, 2.05) is 17.2 Å². The lowest BCUT2D eigenvalue weighted by atomic mass is 10.2.